The van der Waals surface area contributed by atoms with E-state index in [1.54, 1.807) is 13.0 Å². The van der Waals surface area contributed by atoms with Gasteiger partial charge in [-0.3, -0.25) is 19.9 Å². The number of methoxy groups -OCH3 is 1. The molecule has 38 heavy (non-hydrogen) atoms. The SMILES string of the molecule is COc1cnc(C(F)F)cc1-c1cc(-n2nccc(C)c2=O)ncc1C(=O)Nc1nnc(C#CC2CC2)s1. The highest BCUT2D eigenvalue weighted by Gasteiger charge is 2.23. The molecule has 0 spiro atoms. The van der Waals surface area contributed by atoms with Crippen molar-refractivity contribution >= 4 is 22.4 Å². The summed E-state index contributed by atoms with van der Waals surface area (Å²) in [6.45, 7) is 1.62. The molecule has 1 aliphatic carbocycles. The number of anilines is 1. The molecule has 0 aromatic carbocycles. The zero-order chi connectivity index (χ0) is 26.8. The molecule has 1 amide bonds. The largest absolute Gasteiger partial charge is 0.494 e. The minimum absolute atomic E-state index is 0.0139. The number of ether oxygens (including phenoxy) is 1. The summed E-state index contributed by atoms with van der Waals surface area (Å²) in [4.78, 5) is 34.0. The molecule has 0 aliphatic heterocycles. The number of aromatic nitrogens is 6. The van der Waals surface area contributed by atoms with Crippen LogP contribution < -0.4 is 15.6 Å². The molecule has 4 heterocycles. The molecular weight excluding hydrogens is 516 g/mol. The molecule has 1 fully saturated rings. The maximum atomic E-state index is 13.5. The first-order valence-corrected chi connectivity index (χ1v) is 12.2. The monoisotopic (exact) mass is 535 g/mol. The molecule has 4 aromatic heterocycles. The lowest BCUT2D eigenvalue weighted by molar-refractivity contribution is 0.102. The van der Waals surface area contributed by atoms with Gasteiger partial charge in [0.25, 0.3) is 17.9 Å². The van der Waals surface area contributed by atoms with Crippen molar-refractivity contribution in [3.05, 3.63) is 69.0 Å². The Kier molecular flexibility index (Phi) is 6.89. The Hall–Kier alpha value is -4.57. The Bertz CT molecular complexity index is 1650. The Morgan fingerprint density at radius 3 is 2.76 bits per heavy atom. The van der Waals surface area contributed by atoms with E-state index in [4.69, 9.17) is 4.74 Å². The molecule has 5 rings (SSSR count). The molecular formula is C25H19F2N7O3S. The fourth-order valence-corrected chi connectivity index (χ4v) is 4.06. The Balaban J connectivity index is 1.59. The average molecular weight is 536 g/mol. The number of carbonyl (C=O) groups excluding carboxylic acids is 1. The van der Waals surface area contributed by atoms with Gasteiger partial charge in [0.1, 0.15) is 11.4 Å². The van der Waals surface area contributed by atoms with Gasteiger partial charge in [-0.1, -0.05) is 17.3 Å². The predicted octanol–water partition coefficient (Wildman–Crippen LogP) is 3.81. The van der Waals surface area contributed by atoms with Gasteiger partial charge >= 0.3 is 0 Å². The number of amides is 1. The van der Waals surface area contributed by atoms with Gasteiger partial charge in [-0.15, -0.1) is 10.2 Å². The van der Waals surface area contributed by atoms with Gasteiger partial charge in [0.2, 0.25) is 5.13 Å². The van der Waals surface area contributed by atoms with E-state index in [0.717, 1.165) is 41.1 Å². The minimum atomic E-state index is -2.86. The van der Waals surface area contributed by atoms with E-state index in [9.17, 15) is 18.4 Å². The van der Waals surface area contributed by atoms with Gasteiger partial charge in [0, 0.05) is 35.0 Å². The van der Waals surface area contributed by atoms with E-state index in [1.165, 1.54) is 25.6 Å². The second-order valence-corrected chi connectivity index (χ2v) is 9.32. The lowest BCUT2D eigenvalue weighted by atomic mass is 10.00. The second-order valence-electron chi connectivity index (χ2n) is 8.34. The third kappa shape index (κ3) is 5.25. The molecule has 10 nitrogen and oxygen atoms in total. The first-order chi connectivity index (χ1) is 18.3. The standard InChI is InChI=1S/C25H19F2N7O3S/c1-13-7-8-30-34(24(13)36)20-10-15(16-9-18(22(26)27)28-12-19(16)37-2)17(11-29-20)23(35)31-25-33-32-21(38-25)6-5-14-3-4-14/h7-12,14,22H,3-4H2,1-2H3,(H,31,33,35). The highest BCUT2D eigenvalue weighted by Crippen LogP contribution is 2.35. The summed E-state index contributed by atoms with van der Waals surface area (Å²) in [7, 11) is 1.35. The number of carbonyl (C=O) groups is 1. The van der Waals surface area contributed by atoms with Crippen molar-refractivity contribution in [3.63, 3.8) is 0 Å². The number of rotatable bonds is 6. The fraction of sp³-hybridized carbons (Fsp3) is 0.240. The minimum Gasteiger partial charge on any atom is -0.494 e. The van der Waals surface area contributed by atoms with Crippen LogP contribution in [0.4, 0.5) is 13.9 Å². The van der Waals surface area contributed by atoms with E-state index < -0.39 is 23.6 Å². The van der Waals surface area contributed by atoms with Crippen LogP contribution in [0, 0.1) is 24.7 Å². The third-order valence-electron chi connectivity index (χ3n) is 5.62. The highest BCUT2D eigenvalue weighted by molar-refractivity contribution is 7.15. The van der Waals surface area contributed by atoms with Crippen molar-refractivity contribution in [2.45, 2.75) is 26.2 Å². The van der Waals surface area contributed by atoms with Crippen molar-refractivity contribution < 1.29 is 18.3 Å². The van der Waals surface area contributed by atoms with Crippen molar-refractivity contribution in [2.24, 2.45) is 5.92 Å². The van der Waals surface area contributed by atoms with Crippen molar-refractivity contribution in [1.29, 1.82) is 0 Å². The van der Waals surface area contributed by atoms with E-state index in [1.807, 2.05) is 0 Å². The molecule has 0 atom stereocenters. The van der Waals surface area contributed by atoms with E-state index in [0.29, 0.717) is 16.5 Å². The number of nitrogens with zero attached hydrogens (tertiary/aromatic N) is 6. The van der Waals surface area contributed by atoms with E-state index in [2.05, 4.69) is 42.4 Å². The number of pyridine rings is 2. The summed E-state index contributed by atoms with van der Waals surface area (Å²) in [5.41, 5.74) is -0.183. The number of hydrogen-bond acceptors (Lipinski definition) is 9. The van der Waals surface area contributed by atoms with Crippen LogP contribution >= 0.6 is 11.3 Å². The van der Waals surface area contributed by atoms with Crippen molar-refractivity contribution in [1.82, 2.24) is 29.9 Å². The Labute approximate surface area is 218 Å². The topological polar surface area (TPSA) is 125 Å². The maximum Gasteiger partial charge on any atom is 0.280 e. The molecule has 0 radical (unpaired) electrons. The Morgan fingerprint density at radius 1 is 1.21 bits per heavy atom. The van der Waals surface area contributed by atoms with Crippen LogP contribution in [0.2, 0.25) is 0 Å². The van der Waals surface area contributed by atoms with Gasteiger partial charge in [0.15, 0.2) is 10.8 Å². The zero-order valence-electron chi connectivity index (χ0n) is 20.1. The highest BCUT2D eigenvalue weighted by atomic mass is 32.1. The molecule has 4 aromatic rings. The Morgan fingerprint density at radius 2 is 2.03 bits per heavy atom. The van der Waals surface area contributed by atoms with Crippen LogP contribution in [0.5, 0.6) is 5.75 Å². The summed E-state index contributed by atoms with van der Waals surface area (Å²) in [6.07, 6.45) is 3.07. The van der Waals surface area contributed by atoms with Crippen LogP contribution in [0.1, 0.15) is 45.9 Å². The smallest absolute Gasteiger partial charge is 0.280 e. The summed E-state index contributed by atoms with van der Waals surface area (Å²) < 4.78 is 33.5. The summed E-state index contributed by atoms with van der Waals surface area (Å²) in [5, 5.41) is 15.3. The van der Waals surface area contributed by atoms with E-state index in [-0.39, 0.29) is 33.4 Å². The summed E-state index contributed by atoms with van der Waals surface area (Å²) in [5.74, 6) is 6.00. The molecule has 1 aliphatic rings. The molecule has 1 N–H and O–H groups in total. The first kappa shape index (κ1) is 25.1. The molecule has 0 saturated heterocycles. The average Bonchev–Trinajstić information content (AvgIpc) is 3.65. The normalized spacial score (nSPS) is 12.7. The van der Waals surface area contributed by atoms with Crippen LogP contribution in [-0.2, 0) is 0 Å². The quantitative estimate of drug-likeness (QED) is 0.370. The number of nitrogens with one attached hydrogen (secondary N) is 1. The number of halogens is 2. The number of alkyl halides is 2. The first-order valence-electron chi connectivity index (χ1n) is 11.4. The molecule has 1 saturated carbocycles. The lowest BCUT2D eigenvalue weighted by Gasteiger charge is -2.15. The summed E-state index contributed by atoms with van der Waals surface area (Å²) >= 11 is 1.11. The van der Waals surface area contributed by atoms with Crippen molar-refractivity contribution in [3.8, 4) is 34.5 Å². The molecule has 0 unspecified atom stereocenters. The van der Waals surface area contributed by atoms with Gasteiger partial charge in [-0.2, -0.15) is 9.78 Å². The van der Waals surface area contributed by atoms with Crippen LogP contribution in [0.3, 0.4) is 0 Å². The van der Waals surface area contributed by atoms with Gasteiger partial charge < -0.3 is 4.74 Å². The maximum absolute atomic E-state index is 13.5. The number of aryl methyl sites for hydroxylation is 1. The summed E-state index contributed by atoms with van der Waals surface area (Å²) in [6, 6.07) is 4.08. The lowest BCUT2D eigenvalue weighted by Crippen LogP contribution is -2.24. The molecule has 0 bridgehead atoms. The second kappa shape index (κ2) is 10.4. The van der Waals surface area contributed by atoms with Crippen LogP contribution in [0.15, 0.2) is 41.6 Å². The predicted molar refractivity (Wildman–Crippen MR) is 135 cm³/mol. The van der Waals surface area contributed by atoms with Gasteiger partial charge in [0.05, 0.1) is 18.9 Å². The molecule has 13 heteroatoms. The third-order valence-corrected chi connectivity index (χ3v) is 6.37. The number of hydrogen-bond donors (Lipinski definition) is 1. The van der Waals surface area contributed by atoms with Gasteiger partial charge in [-0.05, 0) is 43.9 Å². The molecule has 192 valence electrons. The van der Waals surface area contributed by atoms with Crippen LogP contribution in [-0.4, -0.2) is 43.0 Å². The van der Waals surface area contributed by atoms with Crippen molar-refractivity contribution in [2.75, 3.05) is 12.4 Å². The van der Waals surface area contributed by atoms with Crippen LogP contribution in [0.25, 0.3) is 16.9 Å². The fourth-order valence-electron chi connectivity index (χ4n) is 3.46. The van der Waals surface area contributed by atoms with E-state index >= 15 is 0 Å². The van der Waals surface area contributed by atoms with Gasteiger partial charge in [-0.25, -0.2) is 13.8 Å². The zero-order valence-corrected chi connectivity index (χ0v) is 20.9.